The summed E-state index contributed by atoms with van der Waals surface area (Å²) in [5, 5.41) is 11.7. The minimum Gasteiger partial charge on any atom is -0.320 e. The SMILES string of the molecule is Cc1ccc(-n2nnc(C(=O)Nc3cc(Cl)ccc3C)c2C)c(C)c1. The van der Waals surface area contributed by atoms with Crippen LogP contribution < -0.4 is 5.32 Å². The first-order chi connectivity index (χ1) is 11.9. The minimum absolute atomic E-state index is 0.291. The molecule has 0 fully saturated rings. The van der Waals surface area contributed by atoms with Crippen LogP contribution in [0.2, 0.25) is 5.02 Å². The maximum Gasteiger partial charge on any atom is 0.278 e. The molecule has 5 nitrogen and oxygen atoms in total. The Kier molecular flexibility index (Phi) is 4.59. The monoisotopic (exact) mass is 354 g/mol. The van der Waals surface area contributed by atoms with Gasteiger partial charge in [0, 0.05) is 10.7 Å². The highest BCUT2D eigenvalue weighted by atomic mass is 35.5. The normalized spacial score (nSPS) is 10.8. The number of carbonyl (C=O) groups excluding carboxylic acids is 1. The molecule has 0 bridgehead atoms. The lowest BCUT2D eigenvalue weighted by Crippen LogP contribution is -2.15. The summed E-state index contributed by atoms with van der Waals surface area (Å²) in [6.07, 6.45) is 0. The van der Waals surface area contributed by atoms with Gasteiger partial charge in [0.15, 0.2) is 5.69 Å². The predicted octanol–water partition coefficient (Wildman–Crippen LogP) is 4.41. The summed E-state index contributed by atoms with van der Waals surface area (Å²) < 4.78 is 1.69. The zero-order valence-electron chi connectivity index (χ0n) is 14.6. The van der Waals surface area contributed by atoms with Crippen molar-refractivity contribution < 1.29 is 4.79 Å². The lowest BCUT2D eigenvalue weighted by atomic mass is 10.1. The minimum atomic E-state index is -0.307. The van der Waals surface area contributed by atoms with Gasteiger partial charge in [-0.3, -0.25) is 4.79 Å². The fraction of sp³-hybridized carbons (Fsp3) is 0.211. The molecular weight excluding hydrogens is 336 g/mol. The summed E-state index contributed by atoms with van der Waals surface area (Å²) in [7, 11) is 0. The third kappa shape index (κ3) is 3.42. The van der Waals surface area contributed by atoms with E-state index in [1.807, 2.05) is 45.9 Å². The molecule has 1 amide bonds. The molecule has 128 valence electrons. The fourth-order valence-corrected chi connectivity index (χ4v) is 2.89. The molecule has 0 radical (unpaired) electrons. The first kappa shape index (κ1) is 17.2. The maximum absolute atomic E-state index is 12.6. The van der Waals surface area contributed by atoms with E-state index in [2.05, 4.69) is 21.7 Å². The molecule has 0 aliphatic rings. The van der Waals surface area contributed by atoms with Gasteiger partial charge in [0.2, 0.25) is 0 Å². The number of anilines is 1. The van der Waals surface area contributed by atoms with Crippen molar-refractivity contribution in [3.63, 3.8) is 0 Å². The average Bonchev–Trinajstić information content (AvgIpc) is 2.92. The highest BCUT2D eigenvalue weighted by Gasteiger charge is 2.19. The maximum atomic E-state index is 12.6. The fourth-order valence-electron chi connectivity index (χ4n) is 2.72. The van der Waals surface area contributed by atoms with E-state index in [0.717, 1.165) is 16.8 Å². The molecule has 0 saturated carbocycles. The summed E-state index contributed by atoms with van der Waals surface area (Å²) >= 11 is 6.01. The van der Waals surface area contributed by atoms with E-state index in [1.165, 1.54) is 5.56 Å². The third-order valence-corrected chi connectivity index (χ3v) is 4.37. The predicted molar refractivity (Wildman–Crippen MR) is 99.7 cm³/mol. The second kappa shape index (κ2) is 6.69. The smallest absolute Gasteiger partial charge is 0.278 e. The van der Waals surface area contributed by atoms with Crippen LogP contribution in [-0.2, 0) is 0 Å². The lowest BCUT2D eigenvalue weighted by Gasteiger charge is -2.09. The summed E-state index contributed by atoms with van der Waals surface area (Å²) in [5.41, 5.74) is 5.73. The Morgan fingerprint density at radius 2 is 1.80 bits per heavy atom. The number of amides is 1. The van der Waals surface area contributed by atoms with Crippen LogP contribution in [0.1, 0.15) is 32.9 Å². The van der Waals surface area contributed by atoms with Crippen molar-refractivity contribution in [1.82, 2.24) is 15.0 Å². The molecule has 0 aliphatic heterocycles. The summed E-state index contributed by atoms with van der Waals surface area (Å²) in [6, 6.07) is 11.4. The highest BCUT2D eigenvalue weighted by molar-refractivity contribution is 6.31. The molecule has 0 unspecified atom stereocenters. The first-order valence-corrected chi connectivity index (χ1v) is 8.32. The molecule has 0 aliphatic carbocycles. The summed E-state index contributed by atoms with van der Waals surface area (Å²) in [5.74, 6) is -0.307. The second-order valence-electron chi connectivity index (χ2n) is 6.14. The van der Waals surface area contributed by atoms with Gasteiger partial charge < -0.3 is 5.32 Å². The number of benzene rings is 2. The Bertz CT molecular complexity index is 962. The lowest BCUT2D eigenvalue weighted by molar-refractivity contribution is 0.102. The average molecular weight is 355 g/mol. The van der Waals surface area contributed by atoms with Gasteiger partial charge in [-0.2, -0.15) is 0 Å². The number of nitrogens with one attached hydrogen (secondary N) is 1. The van der Waals surface area contributed by atoms with Gasteiger partial charge in [0.25, 0.3) is 5.91 Å². The van der Waals surface area contributed by atoms with Gasteiger partial charge in [0.05, 0.1) is 11.4 Å². The summed E-state index contributed by atoms with van der Waals surface area (Å²) in [6.45, 7) is 7.79. The van der Waals surface area contributed by atoms with Gasteiger partial charge in [-0.1, -0.05) is 40.6 Å². The highest BCUT2D eigenvalue weighted by Crippen LogP contribution is 2.22. The van der Waals surface area contributed by atoms with E-state index in [4.69, 9.17) is 11.6 Å². The van der Waals surface area contributed by atoms with Gasteiger partial charge in [-0.25, -0.2) is 4.68 Å². The van der Waals surface area contributed by atoms with Crippen LogP contribution >= 0.6 is 11.6 Å². The van der Waals surface area contributed by atoms with Crippen molar-refractivity contribution in [3.8, 4) is 5.69 Å². The van der Waals surface area contributed by atoms with Crippen molar-refractivity contribution in [2.75, 3.05) is 5.32 Å². The van der Waals surface area contributed by atoms with E-state index in [9.17, 15) is 4.79 Å². The molecule has 0 atom stereocenters. The van der Waals surface area contributed by atoms with E-state index in [0.29, 0.717) is 22.1 Å². The number of rotatable bonds is 3. The third-order valence-electron chi connectivity index (χ3n) is 4.14. The molecule has 0 saturated heterocycles. The van der Waals surface area contributed by atoms with E-state index in [1.54, 1.807) is 16.8 Å². The Labute approximate surface area is 151 Å². The molecule has 25 heavy (non-hydrogen) atoms. The largest absolute Gasteiger partial charge is 0.320 e. The van der Waals surface area contributed by atoms with Gasteiger partial charge in [0.1, 0.15) is 0 Å². The molecule has 1 N–H and O–H groups in total. The van der Waals surface area contributed by atoms with Crippen LogP contribution in [0.15, 0.2) is 36.4 Å². The topological polar surface area (TPSA) is 59.8 Å². The van der Waals surface area contributed by atoms with Crippen LogP contribution in [0.3, 0.4) is 0 Å². The van der Waals surface area contributed by atoms with E-state index >= 15 is 0 Å². The second-order valence-corrected chi connectivity index (χ2v) is 6.58. The number of carbonyl (C=O) groups is 1. The van der Waals surface area contributed by atoms with Crippen molar-refractivity contribution in [1.29, 1.82) is 0 Å². The number of halogens is 1. The quantitative estimate of drug-likeness (QED) is 0.758. The molecule has 0 spiro atoms. The van der Waals surface area contributed by atoms with Crippen LogP contribution in [0.25, 0.3) is 5.69 Å². The first-order valence-electron chi connectivity index (χ1n) is 7.94. The zero-order chi connectivity index (χ0) is 18.1. The van der Waals surface area contributed by atoms with Crippen LogP contribution in [0.4, 0.5) is 5.69 Å². The molecule has 1 aromatic heterocycles. The molecule has 2 aromatic carbocycles. The molecule has 3 aromatic rings. The number of hydrogen-bond acceptors (Lipinski definition) is 3. The summed E-state index contributed by atoms with van der Waals surface area (Å²) in [4.78, 5) is 12.6. The van der Waals surface area contributed by atoms with Gasteiger partial charge in [-0.05, 0) is 57.0 Å². The van der Waals surface area contributed by atoms with Crippen molar-refractivity contribution in [3.05, 3.63) is 69.5 Å². The van der Waals surface area contributed by atoms with Crippen molar-refractivity contribution >= 4 is 23.2 Å². The van der Waals surface area contributed by atoms with Gasteiger partial charge in [-0.15, -0.1) is 5.10 Å². The Morgan fingerprint density at radius 3 is 2.52 bits per heavy atom. The van der Waals surface area contributed by atoms with Crippen LogP contribution in [0.5, 0.6) is 0 Å². The zero-order valence-corrected chi connectivity index (χ0v) is 15.3. The Hall–Kier alpha value is -2.66. The molecule has 3 rings (SSSR count). The molecular formula is C19H19ClN4O. The Balaban J connectivity index is 1.93. The number of aryl methyl sites for hydroxylation is 3. The number of nitrogens with zero attached hydrogens (tertiary/aromatic N) is 3. The van der Waals surface area contributed by atoms with Crippen molar-refractivity contribution in [2.45, 2.75) is 27.7 Å². The van der Waals surface area contributed by atoms with E-state index in [-0.39, 0.29) is 5.91 Å². The van der Waals surface area contributed by atoms with Crippen LogP contribution in [0, 0.1) is 27.7 Å². The van der Waals surface area contributed by atoms with E-state index < -0.39 is 0 Å². The number of hydrogen-bond donors (Lipinski definition) is 1. The number of aromatic nitrogens is 3. The van der Waals surface area contributed by atoms with Gasteiger partial charge >= 0.3 is 0 Å². The standard InChI is InChI=1S/C19H19ClN4O/c1-11-5-8-17(13(3)9-11)24-14(4)18(22-23-24)19(25)21-16-10-15(20)7-6-12(16)2/h5-10H,1-4H3,(H,21,25). The Morgan fingerprint density at radius 1 is 1.04 bits per heavy atom. The van der Waals surface area contributed by atoms with Crippen LogP contribution in [-0.4, -0.2) is 20.9 Å². The molecule has 6 heteroatoms. The molecule has 1 heterocycles. The van der Waals surface area contributed by atoms with Crippen molar-refractivity contribution in [2.24, 2.45) is 0 Å².